The number of fused-ring (bicyclic) bond motifs is 2. The van der Waals surface area contributed by atoms with Crippen molar-refractivity contribution in [1.29, 1.82) is 0 Å². The number of primary amides is 1. The summed E-state index contributed by atoms with van der Waals surface area (Å²) in [6.07, 6.45) is 2.59. The third-order valence-corrected chi connectivity index (χ3v) is 7.14. The lowest BCUT2D eigenvalue weighted by molar-refractivity contribution is -0.138. The summed E-state index contributed by atoms with van der Waals surface area (Å²) >= 11 is 0. The van der Waals surface area contributed by atoms with Gasteiger partial charge in [-0.1, -0.05) is 24.3 Å². The van der Waals surface area contributed by atoms with Crippen molar-refractivity contribution in [2.45, 2.75) is 31.5 Å². The van der Waals surface area contributed by atoms with Gasteiger partial charge >= 0.3 is 0 Å². The highest BCUT2D eigenvalue weighted by Gasteiger charge is 2.56. The Morgan fingerprint density at radius 2 is 1.84 bits per heavy atom. The second-order valence-electron chi connectivity index (χ2n) is 9.49. The third kappa shape index (κ3) is 3.96. The number of halogens is 2. The molecule has 2 aromatic heterocycles. The highest BCUT2D eigenvalue weighted by Crippen LogP contribution is 2.48. The molecule has 4 aromatic rings. The fraction of sp³-hybridized carbons (Fsp3) is 0.222. The van der Waals surface area contributed by atoms with Crippen molar-refractivity contribution < 1.29 is 23.2 Å². The van der Waals surface area contributed by atoms with Gasteiger partial charge in [0.05, 0.1) is 11.2 Å². The van der Waals surface area contributed by atoms with Crippen molar-refractivity contribution in [3.8, 4) is 11.3 Å². The molecule has 1 saturated heterocycles. The summed E-state index contributed by atoms with van der Waals surface area (Å²) in [6.45, 7) is -0.191. The van der Waals surface area contributed by atoms with E-state index < -0.39 is 29.5 Å². The molecule has 2 aromatic carbocycles. The van der Waals surface area contributed by atoms with Crippen LogP contribution >= 0.6 is 0 Å². The van der Waals surface area contributed by atoms with Crippen LogP contribution in [0.4, 0.5) is 14.5 Å². The monoisotopic (exact) mass is 516 g/mol. The minimum absolute atomic E-state index is 0.0631. The molecule has 1 aliphatic carbocycles. The van der Waals surface area contributed by atoms with E-state index in [1.54, 1.807) is 24.3 Å². The molecule has 1 aliphatic heterocycles. The third-order valence-electron chi connectivity index (χ3n) is 7.14. The number of pyridine rings is 1. The zero-order chi connectivity index (χ0) is 26.6. The molecule has 1 unspecified atom stereocenters. The summed E-state index contributed by atoms with van der Waals surface area (Å²) in [7, 11) is 0. The topological polar surface area (TPSA) is 123 Å². The van der Waals surface area contributed by atoms with Crippen LogP contribution in [0, 0.1) is 17.6 Å². The van der Waals surface area contributed by atoms with Gasteiger partial charge in [0.2, 0.25) is 11.8 Å². The van der Waals surface area contributed by atoms with Crippen LogP contribution in [0.2, 0.25) is 0 Å². The van der Waals surface area contributed by atoms with E-state index >= 15 is 4.39 Å². The quantitative estimate of drug-likeness (QED) is 0.408. The lowest BCUT2D eigenvalue weighted by Gasteiger charge is -2.27. The molecule has 3 N–H and O–H groups in total. The van der Waals surface area contributed by atoms with Crippen LogP contribution in [0.3, 0.4) is 0 Å². The molecular weight excluding hydrogens is 494 g/mol. The lowest BCUT2D eigenvalue weighted by Crippen LogP contribution is -2.46. The molecule has 3 heterocycles. The number of likely N-dealkylation sites (tertiary alicyclic amines) is 1. The first-order chi connectivity index (χ1) is 18.3. The molecule has 0 spiro atoms. The minimum atomic E-state index is -0.818. The van der Waals surface area contributed by atoms with Crippen LogP contribution in [0.1, 0.15) is 23.3 Å². The number of nitrogens with two attached hydrogens (primary N) is 1. The Bertz CT molecular complexity index is 1620. The number of benzene rings is 2. The molecule has 3 atom stereocenters. The molecule has 192 valence electrons. The number of rotatable bonds is 6. The molecule has 9 nitrogen and oxygen atoms in total. The van der Waals surface area contributed by atoms with Crippen LogP contribution in [-0.2, 0) is 16.1 Å². The Labute approximate surface area is 215 Å². The molecule has 3 amide bonds. The lowest BCUT2D eigenvalue weighted by atomic mass is 10.1. The summed E-state index contributed by atoms with van der Waals surface area (Å²) < 4.78 is 30.9. The van der Waals surface area contributed by atoms with Gasteiger partial charge in [-0.2, -0.15) is 5.10 Å². The standard InChI is InChI=1S/C27H22F2N6O3/c28-17-7-4-10-31-24(17)16-6-3-8-18(23(16)29)32-27(38)21-12-14-11-20(14)35(21)22(36)13-34-19-9-2-1-5-15(19)25(33-34)26(30)37/h1-10,14,20-21H,11-13H2,(H2,30,37)(H,32,38)/t14?,20-,21+/m1/s1. The van der Waals surface area contributed by atoms with Crippen LogP contribution in [-0.4, -0.2) is 49.5 Å². The van der Waals surface area contributed by atoms with Crippen LogP contribution in [0.25, 0.3) is 22.2 Å². The molecule has 0 bridgehead atoms. The predicted molar refractivity (Wildman–Crippen MR) is 134 cm³/mol. The molecule has 6 rings (SSSR count). The zero-order valence-corrected chi connectivity index (χ0v) is 20.0. The van der Waals surface area contributed by atoms with E-state index in [0.717, 1.165) is 6.42 Å². The molecule has 38 heavy (non-hydrogen) atoms. The van der Waals surface area contributed by atoms with E-state index in [2.05, 4.69) is 15.4 Å². The number of piperidine rings is 1. The van der Waals surface area contributed by atoms with E-state index in [1.807, 2.05) is 0 Å². The van der Waals surface area contributed by atoms with Crippen molar-refractivity contribution >= 4 is 34.3 Å². The fourth-order valence-electron chi connectivity index (χ4n) is 5.30. The van der Waals surface area contributed by atoms with E-state index in [9.17, 15) is 18.8 Å². The Hall–Kier alpha value is -4.67. The highest BCUT2D eigenvalue weighted by molar-refractivity contribution is 6.04. The number of nitrogens with zero attached hydrogens (tertiary/aromatic N) is 4. The summed E-state index contributed by atoms with van der Waals surface area (Å²) in [5.74, 6) is -2.91. The summed E-state index contributed by atoms with van der Waals surface area (Å²) in [4.78, 5) is 44.0. The number of carbonyl (C=O) groups excluding carboxylic acids is 3. The molecule has 11 heteroatoms. The number of hydrogen-bond acceptors (Lipinski definition) is 5. The van der Waals surface area contributed by atoms with Crippen LogP contribution in [0.15, 0.2) is 60.8 Å². The summed E-state index contributed by atoms with van der Waals surface area (Å²) in [6, 6.07) is 12.9. The van der Waals surface area contributed by atoms with Crippen molar-refractivity contribution in [3.63, 3.8) is 0 Å². The first-order valence-corrected chi connectivity index (χ1v) is 12.1. The number of carbonyl (C=O) groups is 3. The van der Waals surface area contributed by atoms with Crippen LogP contribution < -0.4 is 11.1 Å². The number of nitrogens with one attached hydrogen (secondary N) is 1. The van der Waals surface area contributed by atoms with Crippen molar-refractivity contribution in [3.05, 3.63) is 78.1 Å². The van der Waals surface area contributed by atoms with Gasteiger partial charge < -0.3 is 16.0 Å². The zero-order valence-electron chi connectivity index (χ0n) is 20.0. The van der Waals surface area contributed by atoms with Gasteiger partial charge in [-0.05, 0) is 49.1 Å². The maximum Gasteiger partial charge on any atom is 0.269 e. The first-order valence-electron chi connectivity index (χ1n) is 12.1. The molecular formula is C27H22F2N6O3. The van der Waals surface area contributed by atoms with E-state index in [-0.39, 0.29) is 47.1 Å². The summed E-state index contributed by atoms with van der Waals surface area (Å²) in [5, 5.41) is 7.35. The molecule has 2 fully saturated rings. The number of anilines is 1. The van der Waals surface area contributed by atoms with Gasteiger partial charge in [0.1, 0.15) is 24.1 Å². The second-order valence-corrected chi connectivity index (χ2v) is 9.49. The highest BCUT2D eigenvalue weighted by atomic mass is 19.1. The number of aromatic nitrogens is 3. The number of hydrogen-bond donors (Lipinski definition) is 2. The number of para-hydroxylation sites is 1. The second kappa shape index (κ2) is 9.02. The largest absolute Gasteiger partial charge is 0.364 e. The van der Waals surface area contributed by atoms with Gasteiger partial charge in [0.25, 0.3) is 5.91 Å². The Kier molecular flexibility index (Phi) is 5.63. The van der Waals surface area contributed by atoms with E-state index in [4.69, 9.17) is 5.73 Å². The SMILES string of the molecule is NC(=O)c1nn(CC(=O)N2[C@@H]3CC3C[C@H]2C(=O)Nc2cccc(-c3ncccc3F)c2F)c2ccccc12. The smallest absolute Gasteiger partial charge is 0.269 e. The maximum atomic E-state index is 15.3. The van der Waals surface area contributed by atoms with E-state index in [1.165, 1.54) is 46.1 Å². The predicted octanol–water partition coefficient (Wildman–Crippen LogP) is 3.10. The van der Waals surface area contributed by atoms with Gasteiger partial charge in [-0.15, -0.1) is 0 Å². The van der Waals surface area contributed by atoms with Crippen LogP contribution in [0.5, 0.6) is 0 Å². The Morgan fingerprint density at radius 1 is 1.03 bits per heavy atom. The minimum Gasteiger partial charge on any atom is -0.364 e. The summed E-state index contributed by atoms with van der Waals surface area (Å²) in [5.41, 5.74) is 5.72. The van der Waals surface area contributed by atoms with Crippen molar-refractivity contribution in [2.24, 2.45) is 11.7 Å². The Balaban J connectivity index is 1.24. The molecule has 1 saturated carbocycles. The normalized spacial score (nSPS) is 19.8. The van der Waals surface area contributed by atoms with Gasteiger partial charge in [-0.3, -0.25) is 24.0 Å². The molecule has 0 radical (unpaired) electrons. The maximum absolute atomic E-state index is 15.3. The van der Waals surface area contributed by atoms with Gasteiger partial charge in [0.15, 0.2) is 11.5 Å². The van der Waals surface area contributed by atoms with E-state index in [0.29, 0.717) is 17.3 Å². The average molecular weight is 517 g/mol. The average Bonchev–Trinajstić information content (AvgIpc) is 3.40. The van der Waals surface area contributed by atoms with Crippen molar-refractivity contribution in [1.82, 2.24) is 19.7 Å². The fourth-order valence-corrected chi connectivity index (χ4v) is 5.30. The molecule has 2 aliphatic rings. The van der Waals surface area contributed by atoms with Gasteiger partial charge in [-0.25, -0.2) is 8.78 Å². The number of amides is 3. The first kappa shape index (κ1) is 23.7. The van der Waals surface area contributed by atoms with Gasteiger partial charge in [0, 0.05) is 23.2 Å². The Morgan fingerprint density at radius 3 is 2.63 bits per heavy atom. The van der Waals surface area contributed by atoms with Crippen molar-refractivity contribution in [2.75, 3.05) is 5.32 Å².